The fourth-order valence-electron chi connectivity index (χ4n) is 0.989. The van der Waals surface area contributed by atoms with E-state index < -0.39 is 8.18 Å². The maximum Gasteiger partial charge on any atom is 0.615 e. The van der Waals surface area contributed by atoms with Crippen molar-refractivity contribution in [3.05, 3.63) is 0 Å². The van der Waals surface area contributed by atoms with E-state index in [1.807, 2.05) is 0 Å². The summed E-state index contributed by atoms with van der Waals surface area (Å²) in [6.07, 6.45) is 0.0349. The molecule has 1 aliphatic heterocycles. The van der Waals surface area contributed by atoms with Gasteiger partial charge in [0.05, 0.1) is 12.7 Å². The molecule has 1 heterocycles. The van der Waals surface area contributed by atoms with E-state index in [4.69, 9.17) is 9.26 Å². The van der Waals surface area contributed by atoms with Crippen molar-refractivity contribution < 1.29 is 13.8 Å². The number of nitrogens with zero attached hydrogens (tertiary/aromatic N) is 1. The molecule has 0 aromatic carbocycles. The Bertz CT molecular complexity index is 171. The van der Waals surface area contributed by atoms with Gasteiger partial charge in [0, 0.05) is 27.2 Å². The van der Waals surface area contributed by atoms with Gasteiger partial charge in [0.15, 0.2) is 0 Å². The minimum atomic E-state index is -1.69. The number of hydrogen-bond acceptors (Lipinski definition) is 4. The molecule has 1 aliphatic rings. The molecule has 1 N–H and O–H groups in total. The smallest absolute Gasteiger partial charge is 0.373 e. The largest absolute Gasteiger partial charge is 0.615 e. The third-order valence-corrected chi connectivity index (χ3v) is 2.73. The lowest BCUT2D eigenvalue weighted by atomic mass is 10.3. The highest BCUT2D eigenvalue weighted by Crippen LogP contribution is 2.24. The van der Waals surface area contributed by atoms with Crippen LogP contribution < -0.4 is 5.32 Å². The molecule has 13 heavy (non-hydrogen) atoms. The van der Waals surface area contributed by atoms with E-state index >= 15 is 0 Å². The predicted molar refractivity (Wildman–Crippen MR) is 49.9 cm³/mol. The molecule has 0 aliphatic carbocycles. The first-order valence-corrected chi connectivity index (χ1v) is 5.43. The Labute approximate surface area is 79.3 Å². The van der Waals surface area contributed by atoms with Crippen LogP contribution in [0.3, 0.4) is 0 Å². The average Bonchev–Trinajstić information content (AvgIpc) is 2.15. The van der Waals surface area contributed by atoms with Gasteiger partial charge < -0.3 is 10.1 Å². The molecule has 0 amide bonds. The molecule has 0 aromatic rings. The quantitative estimate of drug-likeness (QED) is 0.668. The van der Waals surface area contributed by atoms with Gasteiger partial charge in [-0.2, -0.15) is 0 Å². The van der Waals surface area contributed by atoms with E-state index in [2.05, 4.69) is 5.32 Å². The van der Waals surface area contributed by atoms with Gasteiger partial charge in [-0.05, 0) is 4.57 Å². The van der Waals surface area contributed by atoms with Crippen molar-refractivity contribution in [2.45, 2.75) is 6.10 Å². The molecule has 0 radical (unpaired) electrons. The van der Waals surface area contributed by atoms with E-state index in [0.717, 1.165) is 13.1 Å². The maximum atomic E-state index is 11.2. The van der Waals surface area contributed by atoms with Crippen LogP contribution in [0.25, 0.3) is 0 Å². The summed E-state index contributed by atoms with van der Waals surface area (Å²) in [4.78, 5) is 0. The molecule has 1 saturated heterocycles. The third kappa shape index (κ3) is 4.11. The van der Waals surface area contributed by atoms with Crippen LogP contribution in [-0.2, 0) is 13.8 Å². The number of morpholine rings is 1. The normalized spacial score (nSPS) is 24.8. The Hall–Kier alpha value is -0.0600. The second-order valence-electron chi connectivity index (χ2n) is 3.08. The molecule has 0 aromatic heterocycles. The predicted octanol–water partition coefficient (Wildman–Crippen LogP) is 0.210. The monoisotopic (exact) mass is 207 g/mol. The van der Waals surface area contributed by atoms with Gasteiger partial charge >= 0.3 is 8.18 Å². The number of nitrogens with one attached hydrogen (secondary N) is 1. The lowest BCUT2D eigenvalue weighted by Crippen LogP contribution is -2.40. The summed E-state index contributed by atoms with van der Waals surface area (Å²) in [6, 6.07) is 0. The first-order valence-electron chi connectivity index (χ1n) is 4.30. The summed E-state index contributed by atoms with van der Waals surface area (Å²) in [7, 11) is 1.75. The summed E-state index contributed by atoms with van der Waals surface area (Å²) in [6.45, 7) is 2.75. The summed E-state index contributed by atoms with van der Waals surface area (Å²) in [5.41, 5.74) is 0. The van der Waals surface area contributed by atoms with Gasteiger partial charge in [0.2, 0.25) is 0 Å². The van der Waals surface area contributed by atoms with Gasteiger partial charge in [-0.15, -0.1) is 4.52 Å². The van der Waals surface area contributed by atoms with E-state index in [0.29, 0.717) is 13.2 Å². The van der Waals surface area contributed by atoms with Crippen LogP contribution in [0.2, 0.25) is 0 Å². The number of ether oxygens (including phenoxy) is 1. The Morgan fingerprint density at radius 3 is 3.00 bits per heavy atom. The molecule has 1 unspecified atom stereocenters. The molecular formula is C7H16N2O3P+. The van der Waals surface area contributed by atoms with Crippen molar-refractivity contribution in [2.75, 3.05) is 40.4 Å². The van der Waals surface area contributed by atoms with E-state index in [1.54, 1.807) is 18.8 Å². The van der Waals surface area contributed by atoms with Gasteiger partial charge in [-0.3, -0.25) is 0 Å². The molecule has 6 heteroatoms. The molecular weight excluding hydrogens is 191 g/mol. The van der Waals surface area contributed by atoms with Crippen LogP contribution >= 0.6 is 8.18 Å². The maximum absolute atomic E-state index is 11.2. The highest BCUT2D eigenvalue weighted by atomic mass is 31.1. The topological polar surface area (TPSA) is 50.8 Å². The fraction of sp³-hybridized carbons (Fsp3) is 1.00. The van der Waals surface area contributed by atoms with Crippen LogP contribution in [0.1, 0.15) is 0 Å². The SMILES string of the molecule is CN(C)[P+](=O)OC[C@@H]1CNCCO1. The van der Waals surface area contributed by atoms with Crippen LogP contribution in [-0.4, -0.2) is 51.2 Å². The molecule has 1 rings (SSSR count). The standard InChI is InChI=1S/C7H16N2O3P/c1-9(2)13(10)12-6-7-5-8-3-4-11-7/h7-8H,3-6H2,1-2H3/q+1/t7-/m0/s1. The lowest BCUT2D eigenvalue weighted by Gasteiger charge is -2.21. The van der Waals surface area contributed by atoms with Crippen molar-refractivity contribution in [3.63, 3.8) is 0 Å². The van der Waals surface area contributed by atoms with Crippen molar-refractivity contribution in [2.24, 2.45) is 0 Å². The molecule has 0 saturated carbocycles. The lowest BCUT2D eigenvalue weighted by molar-refractivity contribution is 0.000660. The van der Waals surface area contributed by atoms with E-state index in [9.17, 15) is 4.57 Å². The third-order valence-electron chi connectivity index (χ3n) is 1.70. The molecule has 1 fully saturated rings. The zero-order valence-corrected chi connectivity index (χ0v) is 8.92. The van der Waals surface area contributed by atoms with Gasteiger partial charge in [-0.25, -0.2) is 0 Å². The van der Waals surface area contributed by atoms with Crippen LogP contribution in [0.4, 0.5) is 0 Å². The molecule has 76 valence electrons. The van der Waals surface area contributed by atoms with E-state index in [-0.39, 0.29) is 6.10 Å². The summed E-state index contributed by atoms with van der Waals surface area (Å²) >= 11 is 0. The zero-order valence-electron chi connectivity index (χ0n) is 8.02. The van der Waals surface area contributed by atoms with Crippen LogP contribution in [0.15, 0.2) is 0 Å². The van der Waals surface area contributed by atoms with Crippen molar-refractivity contribution in [3.8, 4) is 0 Å². The summed E-state index contributed by atoms with van der Waals surface area (Å²) in [5, 5.41) is 3.17. The minimum absolute atomic E-state index is 0.0349. The first-order chi connectivity index (χ1) is 6.20. The Kier molecular flexibility index (Phi) is 4.77. The van der Waals surface area contributed by atoms with Crippen molar-refractivity contribution >= 4 is 8.18 Å². The highest BCUT2D eigenvalue weighted by molar-refractivity contribution is 7.36. The van der Waals surface area contributed by atoms with Crippen LogP contribution in [0.5, 0.6) is 0 Å². The first kappa shape index (κ1) is 11.0. The summed E-state index contributed by atoms with van der Waals surface area (Å²) in [5.74, 6) is 0. The Balaban J connectivity index is 2.13. The highest BCUT2D eigenvalue weighted by Gasteiger charge is 2.25. The molecule has 5 nitrogen and oxygen atoms in total. The summed E-state index contributed by atoms with van der Waals surface area (Å²) < 4.78 is 23.2. The molecule has 0 bridgehead atoms. The zero-order chi connectivity index (χ0) is 9.68. The molecule has 0 spiro atoms. The van der Waals surface area contributed by atoms with Crippen molar-refractivity contribution in [1.82, 2.24) is 9.99 Å². The van der Waals surface area contributed by atoms with Gasteiger partial charge in [0.25, 0.3) is 0 Å². The van der Waals surface area contributed by atoms with Crippen molar-refractivity contribution in [1.29, 1.82) is 0 Å². The van der Waals surface area contributed by atoms with Gasteiger partial charge in [0.1, 0.15) is 6.61 Å². The van der Waals surface area contributed by atoms with Gasteiger partial charge in [-0.1, -0.05) is 4.67 Å². The van der Waals surface area contributed by atoms with Crippen LogP contribution in [0, 0.1) is 0 Å². The second-order valence-corrected chi connectivity index (χ2v) is 4.61. The van der Waals surface area contributed by atoms with E-state index in [1.165, 1.54) is 0 Å². The Morgan fingerprint density at radius 1 is 1.69 bits per heavy atom. The Morgan fingerprint density at radius 2 is 2.46 bits per heavy atom. The average molecular weight is 207 g/mol. The number of hydrogen-bond donors (Lipinski definition) is 1. The fourth-order valence-corrected chi connectivity index (χ4v) is 1.51. The molecule has 2 atom stereocenters. The number of rotatable bonds is 4. The second kappa shape index (κ2) is 5.62. The minimum Gasteiger partial charge on any atom is -0.373 e.